The molecule has 0 aromatic heterocycles. The van der Waals surface area contributed by atoms with Gasteiger partial charge in [0.2, 0.25) is 5.91 Å². The first-order chi connectivity index (χ1) is 12.8. The van der Waals surface area contributed by atoms with Crippen molar-refractivity contribution in [2.24, 2.45) is 5.92 Å². The molecule has 1 saturated carbocycles. The van der Waals surface area contributed by atoms with E-state index < -0.39 is 0 Å². The molecule has 6 heteroatoms. The van der Waals surface area contributed by atoms with Gasteiger partial charge in [-0.3, -0.25) is 9.59 Å². The summed E-state index contributed by atoms with van der Waals surface area (Å²) in [6, 6.07) is 5.38. The van der Waals surface area contributed by atoms with Crippen LogP contribution >= 0.6 is 11.6 Å². The molecule has 3 rings (SSSR count). The summed E-state index contributed by atoms with van der Waals surface area (Å²) in [5, 5.41) is 9.74. The van der Waals surface area contributed by atoms with Gasteiger partial charge in [-0.15, -0.1) is 0 Å². The average molecular weight is 392 g/mol. The summed E-state index contributed by atoms with van der Waals surface area (Å²) in [6.07, 6.45) is 6.61. The predicted octanol–water partition coefficient (Wildman–Crippen LogP) is 4.12. The molecule has 2 amide bonds. The van der Waals surface area contributed by atoms with E-state index in [1.54, 1.807) is 18.2 Å². The second kappa shape index (κ2) is 8.19. The van der Waals surface area contributed by atoms with Gasteiger partial charge in [0.05, 0.1) is 16.6 Å². The number of rotatable bonds is 5. The van der Waals surface area contributed by atoms with E-state index in [1.807, 2.05) is 20.8 Å². The summed E-state index contributed by atoms with van der Waals surface area (Å²) in [6.45, 7) is 5.97. The third kappa shape index (κ3) is 4.82. The minimum Gasteiger partial charge on any atom is -0.347 e. The van der Waals surface area contributed by atoms with Gasteiger partial charge in [-0.2, -0.15) is 0 Å². The maximum atomic E-state index is 12.6. The Bertz CT molecular complexity index is 705. The van der Waals surface area contributed by atoms with Gasteiger partial charge in [0.1, 0.15) is 0 Å². The Morgan fingerprint density at radius 3 is 2.67 bits per heavy atom. The lowest BCUT2D eigenvalue weighted by Crippen LogP contribution is -2.42. The smallest absolute Gasteiger partial charge is 0.253 e. The zero-order valence-electron chi connectivity index (χ0n) is 16.4. The number of fused-ring (bicyclic) bond motifs is 1. The number of halogens is 1. The van der Waals surface area contributed by atoms with Gasteiger partial charge in [0, 0.05) is 17.3 Å². The first-order valence-corrected chi connectivity index (χ1v) is 10.4. The van der Waals surface area contributed by atoms with Crippen molar-refractivity contribution in [3.63, 3.8) is 0 Å². The molecule has 1 saturated heterocycles. The van der Waals surface area contributed by atoms with Gasteiger partial charge in [-0.25, -0.2) is 0 Å². The zero-order chi connectivity index (χ0) is 19.6. The Hall–Kier alpha value is -1.59. The molecular formula is C21H30ClN3O2. The summed E-state index contributed by atoms with van der Waals surface area (Å²) in [5.41, 5.74) is 0.743. The van der Waals surface area contributed by atoms with Crippen LogP contribution < -0.4 is 16.0 Å². The fourth-order valence-electron chi connectivity index (χ4n) is 3.99. The maximum absolute atomic E-state index is 12.6. The fraction of sp³-hybridized carbons (Fsp3) is 0.619. The molecule has 1 aromatic rings. The number of carbonyl (C=O) groups is 2. The van der Waals surface area contributed by atoms with E-state index in [0.717, 1.165) is 19.3 Å². The van der Waals surface area contributed by atoms with Gasteiger partial charge >= 0.3 is 0 Å². The first kappa shape index (κ1) is 20.2. The highest BCUT2D eigenvalue weighted by Gasteiger charge is 2.38. The van der Waals surface area contributed by atoms with Crippen molar-refractivity contribution in [1.29, 1.82) is 0 Å². The minimum atomic E-state index is -0.293. The van der Waals surface area contributed by atoms with E-state index in [2.05, 4.69) is 16.0 Å². The van der Waals surface area contributed by atoms with E-state index in [-0.39, 0.29) is 23.4 Å². The summed E-state index contributed by atoms with van der Waals surface area (Å²) < 4.78 is 0. The number of hydrogen-bond donors (Lipinski definition) is 3. The number of benzene rings is 1. The van der Waals surface area contributed by atoms with Crippen molar-refractivity contribution in [3.05, 3.63) is 28.8 Å². The largest absolute Gasteiger partial charge is 0.347 e. The van der Waals surface area contributed by atoms with Crippen LogP contribution in [0.4, 0.5) is 5.69 Å². The maximum Gasteiger partial charge on any atom is 0.253 e. The molecule has 1 heterocycles. The third-order valence-electron chi connectivity index (χ3n) is 6.00. The Morgan fingerprint density at radius 1 is 1.26 bits per heavy atom. The molecule has 3 unspecified atom stereocenters. The minimum absolute atomic E-state index is 0.0233. The number of nitrogens with one attached hydrogen (secondary N) is 3. The van der Waals surface area contributed by atoms with Crippen molar-refractivity contribution in [1.82, 2.24) is 10.6 Å². The van der Waals surface area contributed by atoms with Crippen LogP contribution in [0, 0.1) is 5.92 Å². The monoisotopic (exact) mass is 391 g/mol. The molecule has 0 radical (unpaired) electrons. The molecule has 5 nitrogen and oxygen atoms in total. The van der Waals surface area contributed by atoms with Crippen LogP contribution in [0.1, 0.15) is 69.7 Å². The lowest BCUT2D eigenvalue weighted by Gasteiger charge is -2.24. The highest BCUT2D eigenvalue weighted by atomic mass is 35.5. The molecule has 1 aliphatic heterocycles. The molecule has 0 spiro atoms. The van der Waals surface area contributed by atoms with Crippen LogP contribution in [0.15, 0.2) is 18.2 Å². The predicted molar refractivity (Wildman–Crippen MR) is 109 cm³/mol. The Labute approximate surface area is 166 Å². The highest BCUT2D eigenvalue weighted by Crippen LogP contribution is 2.33. The average Bonchev–Trinajstić information content (AvgIpc) is 3.05. The number of hydrogen-bond acceptors (Lipinski definition) is 3. The lowest BCUT2D eigenvalue weighted by molar-refractivity contribution is -0.117. The topological polar surface area (TPSA) is 70.2 Å². The van der Waals surface area contributed by atoms with E-state index in [9.17, 15) is 9.59 Å². The number of carbonyl (C=O) groups excluding carboxylic acids is 2. The second-order valence-corrected chi connectivity index (χ2v) is 8.89. The third-order valence-corrected chi connectivity index (χ3v) is 6.31. The Balaban J connectivity index is 1.62. The van der Waals surface area contributed by atoms with Gasteiger partial charge < -0.3 is 16.0 Å². The van der Waals surface area contributed by atoms with E-state index in [4.69, 9.17) is 11.6 Å². The molecule has 2 aliphatic rings. The molecule has 148 valence electrons. The summed E-state index contributed by atoms with van der Waals surface area (Å²) in [7, 11) is 0. The molecule has 27 heavy (non-hydrogen) atoms. The summed E-state index contributed by atoms with van der Waals surface area (Å²) in [5.74, 6) is 0.391. The van der Waals surface area contributed by atoms with Crippen molar-refractivity contribution >= 4 is 29.1 Å². The summed E-state index contributed by atoms with van der Waals surface area (Å²) in [4.78, 5) is 25.1. The van der Waals surface area contributed by atoms with Crippen molar-refractivity contribution in [3.8, 4) is 0 Å². The van der Waals surface area contributed by atoms with Gasteiger partial charge in [-0.05, 0) is 63.6 Å². The van der Waals surface area contributed by atoms with Crippen LogP contribution in [0.25, 0.3) is 0 Å². The Morgan fingerprint density at radius 2 is 2.00 bits per heavy atom. The van der Waals surface area contributed by atoms with Crippen molar-refractivity contribution < 1.29 is 9.59 Å². The highest BCUT2D eigenvalue weighted by molar-refractivity contribution is 6.34. The first-order valence-electron chi connectivity index (χ1n) is 9.98. The lowest BCUT2D eigenvalue weighted by atomic mass is 9.85. The normalized spacial score (nSPS) is 25.0. The van der Waals surface area contributed by atoms with Crippen LogP contribution in [0.2, 0.25) is 5.02 Å². The van der Waals surface area contributed by atoms with Crippen LogP contribution in [-0.2, 0) is 4.79 Å². The molecule has 1 aromatic carbocycles. The molecule has 3 atom stereocenters. The van der Waals surface area contributed by atoms with Gasteiger partial charge in [0.25, 0.3) is 5.91 Å². The van der Waals surface area contributed by atoms with Crippen molar-refractivity contribution in [2.75, 3.05) is 5.32 Å². The van der Waals surface area contributed by atoms with E-state index >= 15 is 0 Å². The van der Waals surface area contributed by atoms with E-state index in [1.165, 1.54) is 19.3 Å². The van der Waals surface area contributed by atoms with Crippen LogP contribution in [-0.4, -0.2) is 29.4 Å². The fourth-order valence-corrected chi connectivity index (χ4v) is 4.26. The second-order valence-electron chi connectivity index (χ2n) is 8.48. The van der Waals surface area contributed by atoms with Gasteiger partial charge in [-0.1, -0.05) is 31.4 Å². The van der Waals surface area contributed by atoms with Crippen LogP contribution in [0.3, 0.4) is 0 Å². The van der Waals surface area contributed by atoms with Crippen molar-refractivity contribution in [2.45, 2.75) is 76.9 Å². The van der Waals surface area contributed by atoms with E-state index in [0.29, 0.717) is 28.2 Å². The number of amides is 2. The standard InChI is InChI=1S/C21H30ClN3O2/c1-4-21(2,3)25-19(26)15-10-9-14(12-16(15)22)23-20(27)18-11-13-7-5-6-8-17(13)24-18/h9-10,12-13,17-18,24H,4-8,11H2,1-3H3,(H,23,27)(H,25,26). The zero-order valence-corrected chi connectivity index (χ0v) is 17.2. The van der Waals surface area contributed by atoms with Gasteiger partial charge in [0.15, 0.2) is 0 Å². The number of anilines is 1. The molecular weight excluding hydrogens is 362 g/mol. The molecule has 1 aliphatic carbocycles. The molecule has 3 N–H and O–H groups in total. The molecule has 0 bridgehead atoms. The Kier molecular flexibility index (Phi) is 6.11. The SMILES string of the molecule is CCC(C)(C)NC(=O)c1ccc(NC(=O)C2CC3CCCCC3N2)cc1Cl. The quantitative estimate of drug-likeness (QED) is 0.707. The van der Waals surface area contributed by atoms with Crippen LogP contribution in [0.5, 0.6) is 0 Å². The summed E-state index contributed by atoms with van der Waals surface area (Å²) >= 11 is 6.31. The molecule has 2 fully saturated rings.